The summed E-state index contributed by atoms with van der Waals surface area (Å²) in [5, 5.41) is 11.1. The Labute approximate surface area is 123 Å². The van der Waals surface area contributed by atoms with E-state index in [9.17, 15) is 14.7 Å². The second-order valence-electron chi connectivity index (χ2n) is 4.41. The van der Waals surface area contributed by atoms with Crippen LogP contribution in [-0.2, 0) is 4.79 Å². The van der Waals surface area contributed by atoms with E-state index in [4.69, 9.17) is 0 Å². The number of carboxylic acid groups (broad SMARTS) is 1. The lowest BCUT2D eigenvalue weighted by molar-refractivity contribution is -0.143. The molecule has 0 aliphatic carbocycles. The third-order valence-electron chi connectivity index (χ3n) is 3.14. The average Bonchev–Trinajstić information content (AvgIpc) is 2.69. The van der Waals surface area contributed by atoms with Crippen LogP contribution in [0.15, 0.2) is 5.38 Å². The highest BCUT2D eigenvalue weighted by Gasteiger charge is 2.33. The Morgan fingerprint density at radius 1 is 1.50 bits per heavy atom. The highest BCUT2D eigenvalue weighted by Crippen LogP contribution is 2.28. The minimum absolute atomic E-state index is 0.135. The third-order valence-corrected chi connectivity index (χ3v) is 5.98. The van der Waals surface area contributed by atoms with Crippen LogP contribution in [0.3, 0.4) is 0 Å². The minimum Gasteiger partial charge on any atom is -0.480 e. The van der Waals surface area contributed by atoms with Gasteiger partial charge in [0, 0.05) is 10.1 Å². The van der Waals surface area contributed by atoms with Crippen LogP contribution in [0.2, 0.25) is 0 Å². The van der Waals surface area contributed by atoms with Crippen LogP contribution in [0.5, 0.6) is 0 Å². The molecule has 0 spiro atoms. The van der Waals surface area contributed by atoms with Gasteiger partial charge in [-0.25, -0.2) is 4.79 Å². The number of carbonyl (C=O) groups excluding carboxylic acids is 1. The summed E-state index contributed by atoms with van der Waals surface area (Å²) in [7, 11) is 0. The van der Waals surface area contributed by atoms with E-state index in [1.807, 2.05) is 12.3 Å². The van der Waals surface area contributed by atoms with E-state index in [0.29, 0.717) is 17.8 Å². The fourth-order valence-electron chi connectivity index (χ4n) is 2.14. The fourth-order valence-corrected chi connectivity index (χ4v) is 4.01. The standard InChI is InChI=1S/C12H14INO3S/c1-7-6-18-10(9(7)13)11(15)14-5-3-2-4-8(14)12(16)17/h6,8H,2-5H2,1H3,(H,16,17). The number of piperidine rings is 1. The molecule has 1 aliphatic heterocycles. The monoisotopic (exact) mass is 379 g/mol. The van der Waals surface area contributed by atoms with Crippen LogP contribution >= 0.6 is 33.9 Å². The van der Waals surface area contributed by atoms with Gasteiger partial charge in [0.05, 0.1) is 0 Å². The zero-order valence-corrected chi connectivity index (χ0v) is 13.0. The molecule has 4 nitrogen and oxygen atoms in total. The van der Waals surface area contributed by atoms with Gasteiger partial charge in [-0.1, -0.05) is 0 Å². The number of carboxylic acids is 1. The van der Waals surface area contributed by atoms with Crippen LogP contribution in [0, 0.1) is 10.5 Å². The first-order valence-electron chi connectivity index (χ1n) is 5.79. The van der Waals surface area contributed by atoms with E-state index in [1.54, 1.807) is 0 Å². The molecular formula is C12H14INO3S. The molecule has 0 radical (unpaired) electrons. The quantitative estimate of drug-likeness (QED) is 0.804. The maximum absolute atomic E-state index is 12.4. The molecule has 1 aromatic heterocycles. The number of hydrogen-bond acceptors (Lipinski definition) is 3. The Kier molecular flexibility index (Phi) is 4.26. The number of aliphatic carboxylic acids is 1. The van der Waals surface area contributed by atoms with Crippen molar-refractivity contribution < 1.29 is 14.7 Å². The molecule has 98 valence electrons. The summed E-state index contributed by atoms with van der Waals surface area (Å²) in [6.07, 6.45) is 2.32. The largest absolute Gasteiger partial charge is 0.480 e. The summed E-state index contributed by atoms with van der Waals surface area (Å²) in [6, 6.07) is -0.663. The lowest BCUT2D eigenvalue weighted by Crippen LogP contribution is -2.47. The number of hydrogen-bond donors (Lipinski definition) is 1. The molecule has 0 bridgehead atoms. The van der Waals surface area contributed by atoms with Crippen LogP contribution < -0.4 is 0 Å². The predicted octanol–water partition coefficient (Wildman–Crippen LogP) is 2.74. The molecular weight excluding hydrogens is 365 g/mol. The molecule has 0 aromatic carbocycles. The number of carbonyl (C=O) groups is 2. The van der Waals surface area contributed by atoms with Crippen molar-refractivity contribution in [1.29, 1.82) is 0 Å². The van der Waals surface area contributed by atoms with E-state index in [1.165, 1.54) is 16.2 Å². The molecule has 2 rings (SSSR count). The molecule has 1 amide bonds. The van der Waals surface area contributed by atoms with Crippen molar-refractivity contribution in [2.24, 2.45) is 0 Å². The van der Waals surface area contributed by atoms with E-state index >= 15 is 0 Å². The molecule has 18 heavy (non-hydrogen) atoms. The highest BCUT2D eigenvalue weighted by molar-refractivity contribution is 14.1. The van der Waals surface area contributed by atoms with Gasteiger partial charge < -0.3 is 10.0 Å². The van der Waals surface area contributed by atoms with E-state index in [-0.39, 0.29) is 5.91 Å². The van der Waals surface area contributed by atoms with Crippen molar-refractivity contribution in [2.45, 2.75) is 32.2 Å². The topological polar surface area (TPSA) is 57.6 Å². The Bertz CT molecular complexity index is 486. The number of aryl methyl sites for hydroxylation is 1. The molecule has 1 fully saturated rings. The predicted molar refractivity (Wildman–Crippen MR) is 78.1 cm³/mol. The van der Waals surface area contributed by atoms with Crippen molar-refractivity contribution in [3.63, 3.8) is 0 Å². The zero-order chi connectivity index (χ0) is 13.3. The molecule has 1 unspecified atom stereocenters. The average molecular weight is 379 g/mol. The Morgan fingerprint density at radius 2 is 2.22 bits per heavy atom. The van der Waals surface area contributed by atoms with Gasteiger partial charge in [-0.3, -0.25) is 4.79 Å². The maximum atomic E-state index is 12.4. The van der Waals surface area contributed by atoms with Gasteiger partial charge in [0.1, 0.15) is 10.9 Å². The Morgan fingerprint density at radius 3 is 2.78 bits per heavy atom. The summed E-state index contributed by atoms with van der Waals surface area (Å²) >= 11 is 3.55. The molecule has 2 heterocycles. The van der Waals surface area contributed by atoms with Gasteiger partial charge in [-0.15, -0.1) is 11.3 Å². The number of rotatable bonds is 2. The van der Waals surface area contributed by atoms with Crippen LogP contribution in [0.4, 0.5) is 0 Å². The van der Waals surface area contributed by atoms with Gasteiger partial charge in [-0.05, 0) is 59.7 Å². The molecule has 6 heteroatoms. The number of halogens is 1. The van der Waals surface area contributed by atoms with E-state index < -0.39 is 12.0 Å². The highest BCUT2D eigenvalue weighted by atomic mass is 127. The lowest BCUT2D eigenvalue weighted by atomic mass is 10.0. The van der Waals surface area contributed by atoms with Crippen molar-refractivity contribution in [1.82, 2.24) is 4.90 Å². The first-order valence-corrected chi connectivity index (χ1v) is 7.75. The number of likely N-dealkylation sites (tertiary alicyclic amines) is 1. The van der Waals surface area contributed by atoms with Crippen molar-refractivity contribution in [3.05, 3.63) is 19.4 Å². The maximum Gasteiger partial charge on any atom is 0.326 e. The van der Waals surface area contributed by atoms with Crippen molar-refractivity contribution in [2.75, 3.05) is 6.54 Å². The van der Waals surface area contributed by atoms with Crippen molar-refractivity contribution in [3.8, 4) is 0 Å². The van der Waals surface area contributed by atoms with Gasteiger partial charge in [0.25, 0.3) is 5.91 Å². The second-order valence-corrected chi connectivity index (χ2v) is 6.37. The summed E-state index contributed by atoms with van der Waals surface area (Å²) in [6.45, 7) is 2.50. The van der Waals surface area contributed by atoms with Gasteiger partial charge in [-0.2, -0.15) is 0 Å². The normalized spacial score (nSPS) is 19.9. The molecule has 1 aromatic rings. The summed E-state index contributed by atoms with van der Waals surface area (Å²) in [5.41, 5.74) is 1.08. The number of thiophene rings is 1. The number of amides is 1. The molecule has 0 saturated carbocycles. The summed E-state index contributed by atoms with van der Waals surface area (Å²) < 4.78 is 0.942. The fraction of sp³-hybridized carbons (Fsp3) is 0.500. The SMILES string of the molecule is Cc1csc(C(=O)N2CCCCC2C(=O)O)c1I. The van der Waals surface area contributed by atoms with Gasteiger partial charge >= 0.3 is 5.97 Å². The van der Waals surface area contributed by atoms with Crippen LogP contribution in [0.25, 0.3) is 0 Å². The van der Waals surface area contributed by atoms with Crippen LogP contribution in [0.1, 0.15) is 34.5 Å². The molecule has 1 atom stereocenters. The molecule has 1 saturated heterocycles. The smallest absolute Gasteiger partial charge is 0.326 e. The minimum atomic E-state index is -0.897. The Hall–Kier alpha value is -0.630. The molecule has 1 N–H and O–H groups in total. The van der Waals surface area contributed by atoms with Crippen molar-refractivity contribution >= 4 is 45.8 Å². The van der Waals surface area contributed by atoms with Gasteiger partial charge in [0.15, 0.2) is 0 Å². The number of nitrogens with zero attached hydrogens (tertiary/aromatic N) is 1. The molecule has 1 aliphatic rings. The summed E-state index contributed by atoms with van der Waals surface area (Å²) in [4.78, 5) is 25.8. The lowest BCUT2D eigenvalue weighted by Gasteiger charge is -2.32. The second kappa shape index (κ2) is 5.56. The zero-order valence-electron chi connectivity index (χ0n) is 9.98. The first kappa shape index (κ1) is 13.8. The van der Waals surface area contributed by atoms with E-state index in [2.05, 4.69) is 22.6 Å². The Balaban J connectivity index is 2.26. The van der Waals surface area contributed by atoms with Gasteiger partial charge in [0.2, 0.25) is 0 Å². The third kappa shape index (κ3) is 2.54. The first-order chi connectivity index (χ1) is 8.52. The van der Waals surface area contributed by atoms with E-state index in [0.717, 1.165) is 22.0 Å². The van der Waals surface area contributed by atoms with Crippen LogP contribution in [-0.4, -0.2) is 34.5 Å². The summed E-state index contributed by atoms with van der Waals surface area (Å²) in [5.74, 6) is -1.03.